The van der Waals surface area contributed by atoms with Crippen molar-refractivity contribution in [2.45, 2.75) is 102 Å². The molecule has 2 aliphatic carbocycles. The lowest BCUT2D eigenvalue weighted by atomic mass is 9.82. The van der Waals surface area contributed by atoms with E-state index in [1.807, 2.05) is 18.2 Å². The standard InChI is InChI=1S/C35H52N4O4S/c1-26(2)21-22-39(3)33-20-19-29(23-32(33)36-25-27-13-7-4-8-14-27)35(41)37-31(28-15-9-5-10-16-28)24-34(40)38-44(42,43)30-17-11-6-12-18-30/h6,11-12,17-20,23,26-28,31,36H,4-5,7-10,13-16,21-22,24-25H2,1-3H3,(H,37,41)(H,38,40). The summed E-state index contributed by atoms with van der Waals surface area (Å²) in [5.41, 5.74) is 2.57. The van der Waals surface area contributed by atoms with Gasteiger partial charge in [-0.15, -0.1) is 0 Å². The van der Waals surface area contributed by atoms with Crippen LogP contribution in [0.1, 0.15) is 101 Å². The first-order valence-corrected chi connectivity index (χ1v) is 18.1. The second-order valence-electron chi connectivity index (χ2n) is 13.2. The molecule has 8 nitrogen and oxygen atoms in total. The van der Waals surface area contributed by atoms with E-state index in [2.05, 4.69) is 41.2 Å². The van der Waals surface area contributed by atoms with Gasteiger partial charge in [-0.25, -0.2) is 13.1 Å². The molecule has 0 bridgehead atoms. The molecule has 2 amide bonds. The molecule has 0 spiro atoms. The fourth-order valence-electron chi connectivity index (χ4n) is 6.54. The van der Waals surface area contributed by atoms with Crippen LogP contribution in [0.4, 0.5) is 11.4 Å². The second kappa shape index (κ2) is 16.3. The summed E-state index contributed by atoms with van der Waals surface area (Å²) in [5.74, 6) is 0.496. The molecule has 2 saturated carbocycles. The van der Waals surface area contributed by atoms with Crippen molar-refractivity contribution >= 4 is 33.2 Å². The fraction of sp³-hybridized carbons (Fsp3) is 0.600. The Bertz CT molecular complexity index is 1320. The summed E-state index contributed by atoms with van der Waals surface area (Å²) in [5, 5.41) is 6.83. The van der Waals surface area contributed by atoms with Gasteiger partial charge in [0.05, 0.1) is 16.3 Å². The van der Waals surface area contributed by atoms with Crippen LogP contribution in [0.2, 0.25) is 0 Å². The van der Waals surface area contributed by atoms with E-state index in [4.69, 9.17) is 0 Å². The summed E-state index contributed by atoms with van der Waals surface area (Å²) in [7, 11) is -1.88. The molecular weight excluding hydrogens is 572 g/mol. The maximum Gasteiger partial charge on any atom is 0.264 e. The number of amides is 2. The van der Waals surface area contributed by atoms with Gasteiger partial charge < -0.3 is 15.5 Å². The highest BCUT2D eigenvalue weighted by atomic mass is 32.2. The molecule has 2 aliphatic rings. The first-order valence-electron chi connectivity index (χ1n) is 16.6. The molecule has 2 aromatic carbocycles. The highest BCUT2D eigenvalue weighted by molar-refractivity contribution is 7.90. The number of hydrogen-bond acceptors (Lipinski definition) is 6. The van der Waals surface area contributed by atoms with Crippen molar-refractivity contribution in [1.82, 2.24) is 10.0 Å². The van der Waals surface area contributed by atoms with E-state index in [0.29, 0.717) is 17.4 Å². The number of hydrogen-bond donors (Lipinski definition) is 3. The molecule has 3 N–H and O–H groups in total. The first kappa shape index (κ1) is 33.8. The van der Waals surface area contributed by atoms with Crippen LogP contribution >= 0.6 is 0 Å². The molecule has 1 unspecified atom stereocenters. The minimum absolute atomic E-state index is 0.0401. The van der Waals surface area contributed by atoms with Gasteiger partial charge in [-0.2, -0.15) is 0 Å². The molecule has 0 saturated heterocycles. The van der Waals surface area contributed by atoms with Gasteiger partial charge in [0, 0.05) is 38.2 Å². The Morgan fingerprint density at radius 2 is 1.57 bits per heavy atom. The van der Waals surface area contributed by atoms with Crippen LogP contribution < -0.4 is 20.3 Å². The van der Waals surface area contributed by atoms with Crippen LogP contribution in [-0.4, -0.2) is 46.4 Å². The summed E-state index contributed by atoms with van der Waals surface area (Å²) in [6.45, 7) is 6.26. The summed E-state index contributed by atoms with van der Waals surface area (Å²) in [6.07, 6.45) is 12.3. The Balaban J connectivity index is 1.50. The smallest absolute Gasteiger partial charge is 0.264 e. The number of carbonyl (C=O) groups is 2. The van der Waals surface area contributed by atoms with Crippen LogP contribution in [0.15, 0.2) is 53.4 Å². The van der Waals surface area contributed by atoms with E-state index in [9.17, 15) is 18.0 Å². The lowest BCUT2D eigenvalue weighted by Gasteiger charge is -2.31. The lowest BCUT2D eigenvalue weighted by Crippen LogP contribution is -2.45. The minimum Gasteiger partial charge on any atom is -0.383 e. The minimum atomic E-state index is -3.99. The van der Waals surface area contributed by atoms with Crippen LogP contribution in [0, 0.1) is 17.8 Å². The average Bonchev–Trinajstić information content (AvgIpc) is 3.03. The molecular formula is C35H52N4O4S. The number of nitrogens with one attached hydrogen (secondary N) is 3. The summed E-state index contributed by atoms with van der Waals surface area (Å²) < 4.78 is 27.8. The van der Waals surface area contributed by atoms with Crippen LogP contribution in [0.5, 0.6) is 0 Å². The van der Waals surface area contributed by atoms with Gasteiger partial charge >= 0.3 is 0 Å². The average molecular weight is 625 g/mol. The third-order valence-electron chi connectivity index (χ3n) is 9.26. The molecule has 9 heteroatoms. The molecule has 1 atom stereocenters. The topological polar surface area (TPSA) is 108 Å². The molecule has 242 valence electrons. The third-order valence-corrected chi connectivity index (χ3v) is 10.6. The van der Waals surface area contributed by atoms with Crippen molar-refractivity contribution in [3.8, 4) is 0 Å². The SMILES string of the molecule is CC(C)CCN(C)c1ccc(C(=O)NC(CC(=O)NS(=O)(=O)c2ccccc2)C2CCCCC2)cc1NCC1CCCCC1. The van der Waals surface area contributed by atoms with Crippen molar-refractivity contribution in [2.75, 3.05) is 30.4 Å². The zero-order valence-electron chi connectivity index (χ0n) is 26.8. The van der Waals surface area contributed by atoms with Crippen LogP contribution in [0.25, 0.3) is 0 Å². The zero-order chi connectivity index (χ0) is 31.5. The summed E-state index contributed by atoms with van der Waals surface area (Å²) in [6, 6.07) is 13.2. The van der Waals surface area contributed by atoms with Crippen molar-refractivity contribution in [3.63, 3.8) is 0 Å². The number of nitrogens with zero attached hydrogens (tertiary/aromatic N) is 1. The molecule has 0 aliphatic heterocycles. The highest BCUT2D eigenvalue weighted by Gasteiger charge is 2.29. The van der Waals surface area contributed by atoms with Crippen molar-refractivity contribution in [1.29, 1.82) is 0 Å². The molecule has 2 fully saturated rings. The van der Waals surface area contributed by atoms with E-state index < -0.39 is 22.0 Å². The Morgan fingerprint density at radius 1 is 0.909 bits per heavy atom. The number of rotatable bonds is 14. The maximum atomic E-state index is 13.7. The first-order chi connectivity index (χ1) is 21.1. The monoisotopic (exact) mass is 624 g/mol. The quantitative estimate of drug-likeness (QED) is 0.215. The predicted molar refractivity (Wildman–Crippen MR) is 178 cm³/mol. The number of carbonyl (C=O) groups excluding carboxylic acids is 2. The predicted octanol–water partition coefficient (Wildman–Crippen LogP) is 6.74. The molecule has 0 radical (unpaired) electrons. The van der Waals surface area contributed by atoms with Crippen molar-refractivity contribution in [2.24, 2.45) is 17.8 Å². The second-order valence-corrected chi connectivity index (χ2v) is 14.9. The summed E-state index contributed by atoms with van der Waals surface area (Å²) >= 11 is 0. The molecule has 0 aromatic heterocycles. The van der Waals surface area contributed by atoms with Crippen molar-refractivity contribution in [3.05, 3.63) is 54.1 Å². The van der Waals surface area contributed by atoms with E-state index in [1.165, 1.54) is 44.2 Å². The van der Waals surface area contributed by atoms with Gasteiger partial charge in [-0.05, 0) is 80.2 Å². The van der Waals surface area contributed by atoms with E-state index in [-0.39, 0.29) is 23.1 Å². The van der Waals surface area contributed by atoms with E-state index in [0.717, 1.165) is 63.0 Å². The highest BCUT2D eigenvalue weighted by Crippen LogP contribution is 2.31. The third kappa shape index (κ3) is 9.98. The lowest BCUT2D eigenvalue weighted by molar-refractivity contribution is -0.120. The van der Waals surface area contributed by atoms with Gasteiger partial charge in [0.1, 0.15) is 0 Å². The Kier molecular flexibility index (Phi) is 12.5. The Morgan fingerprint density at radius 3 is 2.23 bits per heavy atom. The number of anilines is 2. The van der Waals surface area contributed by atoms with Gasteiger partial charge in [-0.3, -0.25) is 9.59 Å². The van der Waals surface area contributed by atoms with Crippen molar-refractivity contribution < 1.29 is 18.0 Å². The van der Waals surface area contributed by atoms with Gasteiger partial charge in [0.25, 0.3) is 15.9 Å². The Hall–Kier alpha value is -3.07. The molecule has 2 aromatic rings. The zero-order valence-corrected chi connectivity index (χ0v) is 27.6. The van der Waals surface area contributed by atoms with E-state index in [1.54, 1.807) is 18.2 Å². The molecule has 0 heterocycles. The number of sulfonamides is 1. The normalized spacial score (nSPS) is 17.2. The molecule has 44 heavy (non-hydrogen) atoms. The van der Waals surface area contributed by atoms with Gasteiger partial charge in [0.2, 0.25) is 5.91 Å². The number of benzene rings is 2. The fourth-order valence-corrected chi connectivity index (χ4v) is 7.56. The van der Waals surface area contributed by atoms with E-state index >= 15 is 0 Å². The Labute approximate surface area is 264 Å². The largest absolute Gasteiger partial charge is 0.383 e. The van der Waals surface area contributed by atoms with Crippen LogP contribution in [0.3, 0.4) is 0 Å². The molecule has 4 rings (SSSR count). The summed E-state index contributed by atoms with van der Waals surface area (Å²) in [4.78, 5) is 29.1. The maximum absolute atomic E-state index is 13.7. The van der Waals surface area contributed by atoms with Gasteiger partial charge in [0.15, 0.2) is 0 Å². The van der Waals surface area contributed by atoms with Crippen LogP contribution in [-0.2, 0) is 14.8 Å². The van der Waals surface area contributed by atoms with Gasteiger partial charge in [-0.1, -0.05) is 70.6 Å².